The molecule has 1 aromatic carbocycles. The van der Waals surface area contributed by atoms with Crippen LogP contribution in [0.15, 0.2) is 30.3 Å². The lowest BCUT2D eigenvalue weighted by Gasteiger charge is -2.26. The number of aromatic nitrogens is 2. The number of nitrogens with zero attached hydrogens (tertiary/aromatic N) is 2. The van der Waals surface area contributed by atoms with Gasteiger partial charge < -0.3 is 5.32 Å². The largest absolute Gasteiger partial charge is 0.309 e. The van der Waals surface area contributed by atoms with E-state index in [-0.39, 0.29) is 5.91 Å². The molecular weight excluding hydrogens is 336 g/mol. The molecule has 0 spiro atoms. The van der Waals surface area contributed by atoms with E-state index >= 15 is 0 Å². The number of nitrogens with one attached hydrogen (secondary N) is 2. The SMILES string of the molecule is O=C(CCC1CCCCC1)Nc1n[nH]c2c1CCN(Cc1ccccc1)C2. The van der Waals surface area contributed by atoms with Crippen molar-refractivity contribution in [1.82, 2.24) is 15.1 Å². The maximum Gasteiger partial charge on any atom is 0.225 e. The number of carbonyl (C=O) groups excluding carboxylic acids is 1. The molecule has 1 amide bonds. The molecule has 4 rings (SSSR count). The molecule has 1 aliphatic heterocycles. The quantitative estimate of drug-likeness (QED) is 0.803. The third-order valence-electron chi connectivity index (χ3n) is 6.02. The van der Waals surface area contributed by atoms with E-state index in [9.17, 15) is 4.79 Å². The number of carbonyl (C=O) groups is 1. The highest BCUT2D eigenvalue weighted by molar-refractivity contribution is 5.90. The first-order chi connectivity index (χ1) is 13.3. The van der Waals surface area contributed by atoms with Crippen molar-refractivity contribution in [2.45, 2.75) is 64.5 Å². The summed E-state index contributed by atoms with van der Waals surface area (Å²) in [5.74, 6) is 1.60. The molecule has 1 saturated carbocycles. The third-order valence-corrected chi connectivity index (χ3v) is 6.02. The first kappa shape index (κ1) is 18.2. The van der Waals surface area contributed by atoms with Crippen molar-refractivity contribution in [2.75, 3.05) is 11.9 Å². The van der Waals surface area contributed by atoms with Gasteiger partial charge in [0, 0.05) is 31.6 Å². The Morgan fingerprint density at radius 2 is 2.00 bits per heavy atom. The minimum Gasteiger partial charge on any atom is -0.309 e. The second kappa shape index (κ2) is 8.70. The smallest absolute Gasteiger partial charge is 0.225 e. The fourth-order valence-corrected chi connectivity index (χ4v) is 4.46. The van der Waals surface area contributed by atoms with Crippen LogP contribution in [-0.4, -0.2) is 27.5 Å². The minimum absolute atomic E-state index is 0.113. The fourth-order valence-electron chi connectivity index (χ4n) is 4.46. The average molecular weight is 367 g/mol. The van der Waals surface area contributed by atoms with Crippen LogP contribution in [0.2, 0.25) is 0 Å². The summed E-state index contributed by atoms with van der Waals surface area (Å²) < 4.78 is 0. The number of benzene rings is 1. The van der Waals surface area contributed by atoms with Crippen LogP contribution in [0.25, 0.3) is 0 Å². The minimum atomic E-state index is 0.113. The van der Waals surface area contributed by atoms with Gasteiger partial charge in [-0.3, -0.25) is 14.8 Å². The van der Waals surface area contributed by atoms with Gasteiger partial charge in [0.15, 0.2) is 5.82 Å². The number of fused-ring (bicyclic) bond motifs is 1. The van der Waals surface area contributed by atoms with Gasteiger partial charge in [-0.15, -0.1) is 0 Å². The van der Waals surface area contributed by atoms with Gasteiger partial charge in [0.2, 0.25) is 5.91 Å². The zero-order chi connectivity index (χ0) is 18.5. The predicted octanol–water partition coefficient (Wildman–Crippen LogP) is 4.27. The lowest BCUT2D eigenvalue weighted by molar-refractivity contribution is -0.116. The molecule has 2 N–H and O–H groups in total. The molecule has 27 heavy (non-hydrogen) atoms. The summed E-state index contributed by atoms with van der Waals surface area (Å²) in [5.41, 5.74) is 3.65. The van der Waals surface area contributed by atoms with E-state index < -0.39 is 0 Å². The second-order valence-electron chi connectivity index (χ2n) is 8.07. The summed E-state index contributed by atoms with van der Waals surface area (Å²) in [6.07, 6.45) is 9.18. The molecule has 1 aliphatic carbocycles. The van der Waals surface area contributed by atoms with E-state index in [4.69, 9.17) is 0 Å². The van der Waals surface area contributed by atoms with Gasteiger partial charge in [-0.05, 0) is 24.3 Å². The van der Waals surface area contributed by atoms with Crippen molar-refractivity contribution >= 4 is 11.7 Å². The Morgan fingerprint density at radius 3 is 2.81 bits per heavy atom. The number of aromatic amines is 1. The highest BCUT2D eigenvalue weighted by Crippen LogP contribution is 2.28. The molecule has 5 heteroatoms. The van der Waals surface area contributed by atoms with Crippen molar-refractivity contribution < 1.29 is 4.79 Å². The lowest BCUT2D eigenvalue weighted by atomic mass is 9.86. The van der Waals surface area contributed by atoms with Gasteiger partial charge in [-0.1, -0.05) is 62.4 Å². The van der Waals surface area contributed by atoms with Gasteiger partial charge in [-0.25, -0.2) is 0 Å². The monoisotopic (exact) mass is 366 g/mol. The Hall–Kier alpha value is -2.14. The Morgan fingerprint density at radius 1 is 1.19 bits per heavy atom. The summed E-state index contributed by atoms with van der Waals surface area (Å²) >= 11 is 0. The van der Waals surface area contributed by atoms with Gasteiger partial charge in [0.1, 0.15) is 0 Å². The topological polar surface area (TPSA) is 61.0 Å². The van der Waals surface area contributed by atoms with Crippen LogP contribution >= 0.6 is 0 Å². The van der Waals surface area contributed by atoms with Crippen LogP contribution in [0.3, 0.4) is 0 Å². The van der Waals surface area contributed by atoms with Crippen molar-refractivity contribution in [2.24, 2.45) is 5.92 Å². The lowest BCUT2D eigenvalue weighted by Crippen LogP contribution is -2.30. The van der Waals surface area contributed by atoms with Crippen molar-refractivity contribution in [3.63, 3.8) is 0 Å². The number of anilines is 1. The van der Waals surface area contributed by atoms with Crippen LogP contribution in [0.4, 0.5) is 5.82 Å². The molecule has 5 nitrogen and oxygen atoms in total. The first-order valence-corrected chi connectivity index (χ1v) is 10.4. The number of hydrogen-bond donors (Lipinski definition) is 2. The van der Waals surface area contributed by atoms with Gasteiger partial charge in [0.25, 0.3) is 0 Å². The Kier molecular flexibility index (Phi) is 5.87. The Bertz CT molecular complexity index is 749. The number of amides is 1. The van der Waals surface area contributed by atoms with Crippen LogP contribution in [0.1, 0.15) is 61.8 Å². The summed E-state index contributed by atoms with van der Waals surface area (Å²) in [6.45, 7) is 2.80. The third kappa shape index (κ3) is 4.78. The van der Waals surface area contributed by atoms with Crippen molar-refractivity contribution in [3.8, 4) is 0 Å². The summed E-state index contributed by atoms with van der Waals surface area (Å²) in [4.78, 5) is 14.8. The maximum atomic E-state index is 12.4. The summed E-state index contributed by atoms with van der Waals surface area (Å²) in [5, 5.41) is 10.6. The van der Waals surface area contributed by atoms with Crippen LogP contribution in [-0.2, 0) is 24.3 Å². The zero-order valence-electron chi connectivity index (χ0n) is 16.0. The number of H-pyrrole nitrogens is 1. The summed E-state index contributed by atoms with van der Waals surface area (Å²) in [7, 11) is 0. The molecular formula is C22H30N4O. The summed E-state index contributed by atoms with van der Waals surface area (Å²) in [6, 6.07) is 10.6. The van der Waals surface area contributed by atoms with E-state index in [1.807, 2.05) is 0 Å². The van der Waals surface area contributed by atoms with E-state index in [1.54, 1.807) is 0 Å². The normalized spacial score (nSPS) is 18.2. The predicted molar refractivity (Wildman–Crippen MR) is 107 cm³/mol. The van der Waals surface area contributed by atoms with E-state index in [1.165, 1.54) is 43.2 Å². The molecule has 0 unspecified atom stereocenters. The number of rotatable bonds is 6. The molecule has 0 radical (unpaired) electrons. The Labute approximate surface area is 161 Å². The van der Waals surface area contributed by atoms with Crippen molar-refractivity contribution in [1.29, 1.82) is 0 Å². The van der Waals surface area contributed by atoms with Crippen molar-refractivity contribution in [3.05, 3.63) is 47.2 Å². The molecule has 0 bridgehead atoms. The van der Waals surface area contributed by atoms with Gasteiger partial charge in [0.05, 0.1) is 5.69 Å². The number of hydrogen-bond acceptors (Lipinski definition) is 3. The molecule has 2 aliphatic rings. The Balaban J connectivity index is 1.29. The maximum absolute atomic E-state index is 12.4. The van der Waals surface area contributed by atoms with Gasteiger partial charge in [-0.2, -0.15) is 5.10 Å². The zero-order valence-corrected chi connectivity index (χ0v) is 16.0. The first-order valence-electron chi connectivity index (χ1n) is 10.4. The standard InChI is InChI=1S/C22H30N4O/c27-21(12-11-17-7-3-1-4-8-17)23-22-19-13-14-26(16-20(19)24-25-22)15-18-9-5-2-6-10-18/h2,5-6,9-10,17H,1,3-4,7-8,11-16H2,(H2,23,24,25,27). The van der Waals surface area contributed by atoms with Crippen LogP contribution in [0.5, 0.6) is 0 Å². The fraction of sp³-hybridized carbons (Fsp3) is 0.545. The van der Waals surface area contributed by atoms with E-state index in [0.29, 0.717) is 6.42 Å². The average Bonchev–Trinajstić information content (AvgIpc) is 3.10. The van der Waals surface area contributed by atoms with Crippen LogP contribution < -0.4 is 5.32 Å². The highest BCUT2D eigenvalue weighted by atomic mass is 16.1. The molecule has 0 saturated heterocycles. The van der Waals surface area contributed by atoms with Gasteiger partial charge >= 0.3 is 0 Å². The molecule has 1 aromatic heterocycles. The van der Waals surface area contributed by atoms with E-state index in [2.05, 4.69) is 50.7 Å². The second-order valence-corrected chi connectivity index (χ2v) is 8.07. The highest BCUT2D eigenvalue weighted by Gasteiger charge is 2.23. The van der Waals surface area contributed by atoms with Crippen LogP contribution in [0, 0.1) is 5.92 Å². The molecule has 2 aromatic rings. The molecule has 2 heterocycles. The molecule has 0 atom stereocenters. The van der Waals surface area contributed by atoms with E-state index in [0.717, 1.165) is 49.9 Å². The molecule has 144 valence electrons. The molecule has 1 fully saturated rings.